The average molecular weight is 233 g/mol. The Balaban J connectivity index is 1.85. The Morgan fingerprint density at radius 3 is 2.76 bits per heavy atom. The van der Waals surface area contributed by atoms with E-state index in [4.69, 9.17) is 5.11 Å². The van der Waals surface area contributed by atoms with Crippen molar-refractivity contribution in [2.24, 2.45) is 0 Å². The van der Waals surface area contributed by atoms with Crippen molar-refractivity contribution >= 4 is 5.97 Å². The van der Waals surface area contributed by atoms with Crippen LogP contribution in [-0.2, 0) is 4.79 Å². The van der Waals surface area contributed by atoms with Gasteiger partial charge in [-0.25, -0.2) is 0 Å². The molecule has 1 aliphatic carbocycles. The normalized spacial score (nSPS) is 25.1. The van der Waals surface area contributed by atoms with Gasteiger partial charge < -0.3 is 10.4 Å². The van der Waals surface area contributed by atoms with Crippen LogP contribution in [0.25, 0.3) is 0 Å². The van der Waals surface area contributed by atoms with E-state index >= 15 is 0 Å². The monoisotopic (exact) mass is 233 g/mol. The number of aliphatic carboxylic acids is 1. The van der Waals surface area contributed by atoms with Crippen LogP contribution < -0.4 is 5.32 Å². The number of carboxylic acids is 1. The average Bonchev–Trinajstić information content (AvgIpc) is 2.22. The highest BCUT2D eigenvalue weighted by atomic mass is 16.4. The molecule has 1 fully saturated rings. The second-order valence-electron chi connectivity index (χ2n) is 5.01. The quantitative estimate of drug-likeness (QED) is 0.839. The van der Waals surface area contributed by atoms with Crippen LogP contribution in [0, 0.1) is 6.92 Å². The second-order valence-corrected chi connectivity index (χ2v) is 5.01. The highest BCUT2D eigenvalue weighted by molar-refractivity contribution is 5.72. The van der Waals surface area contributed by atoms with Gasteiger partial charge in [0.2, 0.25) is 0 Å². The standard InChI is InChI=1S/C14H19NO2/c1-9-4-3-5-11(6-9)12-7-13(8-12)15-10(2)14(16)17/h3-6,10,12-13,15H,7-8H2,1-2H3,(H,16,17)/t10-,12?,13?/m1/s1. The van der Waals surface area contributed by atoms with Crippen molar-refractivity contribution in [1.29, 1.82) is 0 Å². The van der Waals surface area contributed by atoms with E-state index in [-0.39, 0.29) is 0 Å². The van der Waals surface area contributed by atoms with E-state index in [9.17, 15) is 4.79 Å². The summed E-state index contributed by atoms with van der Waals surface area (Å²) >= 11 is 0. The molecule has 1 aliphatic rings. The van der Waals surface area contributed by atoms with Crippen LogP contribution >= 0.6 is 0 Å². The summed E-state index contributed by atoms with van der Waals surface area (Å²) in [4.78, 5) is 10.7. The molecular weight excluding hydrogens is 214 g/mol. The molecule has 2 rings (SSSR count). The highest BCUT2D eigenvalue weighted by Crippen LogP contribution is 2.37. The van der Waals surface area contributed by atoms with Gasteiger partial charge in [-0.15, -0.1) is 0 Å². The minimum absolute atomic E-state index is 0.353. The zero-order valence-corrected chi connectivity index (χ0v) is 10.3. The van der Waals surface area contributed by atoms with Gasteiger partial charge in [-0.05, 0) is 38.2 Å². The number of hydrogen-bond acceptors (Lipinski definition) is 2. The van der Waals surface area contributed by atoms with E-state index in [1.54, 1.807) is 6.92 Å². The summed E-state index contributed by atoms with van der Waals surface area (Å²) in [5.74, 6) is -0.183. The molecule has 3 nitrogen and oxygen atoms in total. The minimum atomic E-state index is -0.774. The fourth-order valence-corrected chi connectivity index (χ4v) is 2.37. The number of benzene rings is 1. The molecule has 1 aromatic carbocycles. The summed E-state index contributed by atoms with van der Waals surface area (Å²) in [7, 11) is 0. The Morgan fingerprint density at radius 1 is 1.47 bits per heavy atom. The Labute approximate surface area is 102 Å². The van der Waals surface area contributed by atoms with Crippen LogP contribution in [0.2, 0.25) is 0 Å². The van der Waals surface area contributed by atoms with E-state index in [2.05, 4.69) is 36.5 Å². The molecule has 17 heavy (non-hydrogen) atoms. The number of rotatable bonds is 4. The summed E-state index contributed by atoms with van der Waals surface area (Å²) in [5.41, 5.74) is 2.67. The molecule has 0 radical (unpaired) electrons. The van der Waals surface area contributed by atoms with E-state index < -0.39 is 12.0 Å². The van der Waals surface area contributed by atoms with Gasteiger partial charge in [-0.3, -0.25) is 4.79 Å². The summed E-state index contributed by atoms with van der Waals surface area (Å²) in [6.07, 6.45) is 2.09. The van der Waals surface area contributed by atoms with Crippen molar-refractivity contribution in [3.05, 3.63) is 35.4 Å². The van der Waals surface area contributed by atoms with Gasteiger partial charge >= 0.3 is 5.97 Å². The Kier molecular flexibility index (Phi) is 3.48. The van der Waals surface area contributed by atoms with Crippen molar-refractivity contribution in [2.75, 3.05) is 0 Å². The SMILES string of the molecule is Cc1cccc(C2CC(N[C@H](C)C(=O)O)C2)c1. The molecule has 0 saturated heterocycles. The smallest absolute Gasteiger partial charge is 0.320 e. The molecule has 92 valence electrons. The van der Waals surface area contributed by atoms with Crippen LogP contribution in [0.1, 0.15) is 36.8 Å². The minimum Gasteiger partial charge on any atom is -0.480 e. The molecule has 0 aliphatic heterocycles. The fraction of sp³-hybridized carbons (Fsp3) is 0.500. The fourth-order valence-electron chi connectivity index (χ4n) is 2.37. The summed E-state index contributed by atoms with van der Waals surface area (Å²) < 4.78 is 0. The molecule has 1 atom stereocenters. The number of carboxylic acid groups (broad SMARTS) is 1. The predicted octanol–water partition coefficient (Wildman–Crippen LogP) is 2.30. The lowest BCUT2D eigenvalue weighted by atomic mass is 9.75. The number of nitrogens with one attached hydrogen (secondary N) is 1. The maximum absolute atomic E-state index is 10.7. The van der Waals surface area contributed by atoms with Gasteiger partial charge in [0.25, 0.3) is 0 Å². The van der Waals surface area contributed by atoms with Gasteiger partial charge in [0.15, 0.2) is 0 Å². The topological polar surface area (TPSA) is 49.3 Å². The molecule has 0 spiro atoms. The first-order valence-electron chi connectivity index (χ1n) is 6.11. The van der Waals surface area contributed by atoms with Crippen molar-refractivity contribution < 1.29 is 9.90 Å². The molecular formula is C14H19NO2. The number of carbonyl (C=O) groups is 1. The lowest BCUT2D eigenvalue weighted by Crippen LogP contribution is -2.47. The number of aryl methyl sites for hydroxylation is 1. The predicted molar refractivity (Wildman–Crippen MR) is 67.2 cm³/mol. The molecule has 2 N–H and O–H groups in total. The van der Waals surface area contributed by atoms with Crippen LogP contribution in [-0.4, -0.2) is 23.2 Å². The van der Waals surface area contributed by atoms with Crippen molar-refractivity contribution in [3.8, 4) is 0 Å². The maximum atomic E-state index is 10.7. The first kappa shape index (κ1) is 12.1. The third kappa shape index (κ3) is 2.86. The zero-order valence-electron chi connectivity index (χ0n) is 10.3. The Morgan fingerprint density at radius 2 is 2.18 bits per heavy atom. The molecule has 1 aromatic rings. The van der Waals surface area contributed by atoms with Crippen LogP contribution in [0.3, 0.4) is 0 Å². The summed E-state index contributed by atoms with van der Waals surface area (Å²) in [6.45, 7) is 3.80. The van der Waals surface area contributed by atoms with Crippen molar-refractivity contribution in [1.82, 2.24) is 5.32 Å². The Hall–Kier alpha value is -1.35. The van der Waals surface area contributed by atoms with E-state index in [1.807, 2.05) is 0 Å². The summed E-state index contributed by atoms with van der Waals surface area (Å²) in [5, 5.41) is 11.9. The van der Waals surface area contributed by atoms with E-state index in [0.717, 1.165) is 12.8 Å². The summed E-state index contributed by atoms with van der Waals surface area (Å²) in [6, 6.07) is 8.48. The molecule has 0 unspecified atom stereocenters. The first-order valence-corrected chi connectivity index (χ1v) is 6.11. The van der Waals surface area contributed by atoms with Crippen LogP contribution in [0.5, 0.6) is 0 Å². The van der Waals surface area contributed by atoms with Gasteiger partial charge in [-0.2, -0.15) is 0 Å². The largest absolute Gasteiger partial charge is 0.480 e. The molecule has 0 amide bonds. The molecule has 3 heteroatoms. The van der Waals surface area contributed by atoms with E-state index in [1.165, 1.54) is 11.1 Å². The second kappa shape index (κ2) is 4.88. The number of hydrogen-bond donors (Lipinski definition) is 2. The zero-order chi connectivity index (χ0) is 12.4. The van der Waals surface area contributed by atoms with E-state index in [0.29, 0.717) is 12.0 Å². The lowest BCUT2D eigenvalue weighted by molar-refractivity contribution is -0.139. The van der Waals surface area contributed by atoms with Gasteiger partial charge in [0, 0.05) is 6.04 Å². The molecule has 1 saturated carbocycles. The lowest BCUT2D eigenvalue weighted by Gasteiger charge is -2.37. The van der Waals surface area contributed by atoms with Gasteiger partial charge in [0.1, 0.15) is 6.04 Å². The molecule has 0 aromatic heterocycles. The van der Waals surface area contributed by atoms with Crippen molar-refractivity contribution in [3.63, 3.8) is 0 Å². The Bertz CT molecular complexity index is 410. The van der Waals surface area contributed by atoms with Gasteiger partial charge in [-0.1, -0.05) is 29.8 Å². The van der Waals surface area contributed by atoms with Crippen molar-refractivity contribution in [2.45, 2.75) is 44.7 Å². The van der Waals surface area contributed by atoms with Gasteiger partial charge in [0.05, 0.1) is 0 Å². The maximum Gasteiger partial charge on any atom is 0.320 e. The highest BCUT2D eigenvalue weighted by Gasteiger charge is 2.31. The first-order chi connectivity index (χ1) is 8.06. The molecule has 0 heterocycles. The molecule has 0 bridgehead atoms. The third-order valence-electron chi connectivity index (χ3n) is 3.51. The van der Waals surface area contributed by atoms with Crippen LogP contribution in [0.4, 0.5) is 0 Å². The third-order valence-corrected chi connectivity index (χ3v) is 3.51. The van der Waals surface area contributed by atoms with Crippen LogP contribution in [0.15, 0.2) is 24.3 Å².